The van der Waals surface area contributed by atoms with Gasteiger partial charge in [-0.15, -0.1) is 0 Å². The molecular formula is C27H23NO. The van der Waals surface area contributed by atoms with Gasteiger partial charge in [0.15, 0.2) is 0 Å². The highest BCUT2D eigenvalue weighted by Crippen LogP contribution is 2.38. The zero-order valence-electron chi connectivity index (χ0n) is 16.6. The predicted octanol–water partition coefficient (Wildman–Crippen LogP) is 6.75. The zero-order chi connectivity index (χ0) is 20.0. The summed E-state index contributed by atoms with van der Waals surface area (Å²) in [7, 11) is 0. The highest BCUT2D eigenvalue weighted by Gasteiger charge is 2.22. The van der Waals surface area contributed by atoms with Crippen LogP contribution in [-0.2, 0) is 0 Å². The van der Waals surface area contributed by atoms with Crippen LogP contribution in [0, 0.1) is 13.8 Å². The number of hydrogen-bond acceptors (Lipinski definition) is 1. The predicted molar refractivity (Wildman–Crippen MR) is 121 cm³/mol. The number of aromatic nitrogens is 1. The smallest absolute Gasteiger partial charge is 0.121 e. The summed E-state index contributed by atoms with van der Waals surface area (Å²) < 4.78 is 2.44. The second-order valence-electron chi connectivity index (χ2n) is 7.72. The number of para-hydroxylation sites is 2. The van der Waals surface area contributed by atoms with E-state index in [0.717, 1.165) is 11.1 Å². The fraction of sp³-hybridized carbons (Fsp3) is 0.111. The Hall–Kier alpha value is -3.52. The van der Waals surface area contributed by atoms with Gasteiger partial charge in [-0.3, -0.25) is 0 Å². The lowest BCUT2D eigenvalue weighted by molar-refractivity contribution is 0.466. The van der Waals surface area contributed by atoms with Gasteiger partial charge in [-0.05, 0) is 60.4 Å². The van der Waals surface area contributed by atoms with Crippen molar-refractivity contribution in [2.75, 3.05) is 0 Å². The average molecular weight is 377 g/mol. The van der Waals surface area contributed by atoms with E-state index in [4.69, 9.17) is 0 Å². The molecule has 2 heteroatoms. The first kappa shape index (κ1) is 17.6. The molecule has 1 N–H and O–H groups in total. The number of hydrogen-bond donors (Lipinski definition) is 1. The molecule has 0 radical (unpaired) electrons. The minimum Gasteiger partial charge on any atom is -0.507 e. The third-order valence-corrected chi connectivity index (χ3v) is 5.82. The minimum atomic E-state index is 0.0130. The van der Waals surface area contributed by atoms with E-state index in [-0.39, 0.29) is 6.04 Å². The number of benzene rings is 4. The Kier molecular flexibility index (Phi) is 4.13. The lowest BCUT2D eigenvalue weighted by Crippen LogP contribution is -2.12. The van der Waals surface area contributed by atoms with Gasteiger partial charge in [-0.1, -0.05) is 66.7 Å². The number of nitrogens with zero attached hydrogens (tertiary/aromatic N) is 1. The highest BCUT2D eigenvalue weighted by atomic mass is 16.3. The van der Waals surface area contributed by atoms with E-state index in [9.17, 15) is 5.11 Å². The third-order valence-electron chi connectivity index (χ3n) is 5.82. The summed E-state index contributed by atoms with van der Waals surface area (Å²) in [6.45, 7) is 3.94. The number of aryl methyl sites for hydroxylation is 2. The molecule has 0 bridgehead atoms. The van der Waals surface area contributed by atoms with Gasteiger partial charge >= 0.3 is 0 Å². The van der Waals surface area contributed by atoms with E-state index in [1.54, 1.807) is 0 Å². The molecule has 4 aromatic carbocycles. The second-order valence-corrected chi connectivity index (χ2v) is 7.72. The molecule has 0 aliphatic heterocycles. The number of fused-ring (bicyclic) bond motifs is 3. The molecule has 142 valence electrons. The fourth-order valence-corrected chi connectivity index (χ4v) is 4.50. The lowest BCUT2D eigenvalue weighted by atomic mass is 9.94. The molecule has 1 unspecified atom stereocenters. The summed E-state index contributed by atoms with van der Waals surface area (Å²) in [6.07, 6.45) is 0. The summed E-state index contributed by atoms with van der Waals surface area (Å²) in [5.41, 5.74) is 6.64. The molecule has 0 fully saturated rings. The molecule has 0 amide bonds. The van der Waals surface area contributed by atoms with Crippen LogP contribution in [0.25, 0.3) is 21.8 Å². The van der Waals surface area contributed by atoms with Gasteiger partial charge in [0.2, 0.25) is 0 Å². The summed E-state index contributed by atoms with van der Waals surface area (Å²) >= 11 is 0. The van der Waals surface area contributed by atoms with Crippen molar-refractivity contribution in [1.82, 2.24) is 4.57 Å². The van der Waals surface area contributed by atoms with Crippen LogP contribution >= 0.6 is 0 Å². The van der Waals surface area contributed by atoms with Crippen LogP contribution < -0.4 is 0 Å². The van der Waals surface area contributed by atoms with Crippen molar-refractivity contribution in [2.45, 2.75) is 19.9 Å². The number of aromatic hydroxyl groups is 1. The van der Waals surface area contributed by atoms with Crippen molar-refractivity contribution in [3.8, 4) is 5.75 Å². The molecule has 2 nitrogen and oxygen atoms in total. The van der Waals surface area contributed by atoms with Crippen molar-refractivity contribution >= 4 is 21.8 Å². The Morgan fingerprint density at radius 3 is 1.66 bits per heavy atom. The first-order valence-corrected chi connectivity index (χ1v) is 9.98. The molecule has 0 saturated carbocycles. The van der Waals surface area contributed by atoms with E-state index in [1.807, 2.05) is 13.8 Å². The third kappa shape index (κ3) is 2.80. The van der Waals surface area contributed by atoms with Crippen LogP contribution in [0.4, 0.5) is 0 Å². The zero-order valence-corrected chi connectivity index (χ0v) is 16.6. The Morgan fingerprint density at radius 2 is 1.10 bits per heavy atom. The lowest BCUT2D eigenvalue weighted by Gasteiger charge is -2.24. The summed E-state index contributed by atoms with van der Waals surface area (Å²) in [5, 5.41) is 12.9. The molecule has 1 aromatic heterocycles. The Labute approximate surface area is 170 Å². The molecule has 29 heavy (non-hydrogen) atoms. The van der Waals surface area contributed by atoms with E-state index in [0.29, 0.717) is 5.75 Å². The number of phenolic OH excluding ortho intramolecular Hbond substituents is 1. The van der Waals surface area contributed by atoms with Gasteiger partial charge in [0.1, 0.15) is 5.75 Å². The molecule has 0 aliphatic rings. The van der Waals surface area contributed by atoms with Gasteiger partial charge in [-0.25, -0.2) is 0 Å². The van der Waals surface area contributed by atoms with Crippen molar-refractivity contribution in [3.05, 3.63) is 113 Å². The van der Waals surface area contributed by atoms with Crippen LogP contribution in [0.3, 0.4) is 0 Å². The van der Waals surface area contributed by atoms with Gasteiger partial charge in [0.05, 0.1) is 6.04 Å². The van der Waals surface area contributed by atoms with Crippen molar-refractivity contribution in [3.63, 3.8) is 0 Å². The molecular weight excluding hydrogens is 354 g/mol. The summed E-state index contributed by atoms with van der Waals surface area (Å²) in [4.78, 5) is 0. The quantitative estimate of drug-likeness (QED) is 0.369. The average Bonchev–Trinajstić information content (AvgIpc) is 3.08. The SMILES string of the molecule is Cc1cc(C(c2ccccc2)n2c3ccccc3c3ccccc32)cc(C)c1O. The molecule has 0 saturated heterocycles. The highest BCUT2D eigenvalue weighted by molar-refractivity contribution is 6.08. The van der Waals surface area contributed by atoms with Crippen LogP contribution in [-0.4, -0.2) is 9.67 Å². The largest absolute Gasteiger partial charge is 0.507 e. The van der Waals surface area contributed by atoms with Crippen molar-refractivity contribution < 1.29 is 5.11 Å². The second kappa shape index (κ2) is 6.82. The molecule has 5 aromatic rings. The molecule has 1 heterocycles. The first-order chi connectivity index (χ1) is 14.1. The normalized spacial score (nSPS) is 12.5. The fourth-order valence-electron chi connectivity index (χ4n) is 4.50. The van der Waals surface area contributed by atoms with Crippen molar-refractivity contribution in [1.29, 1.82) is 0 Å². The van der Waals surface area contributed by atoms with E-state index in [1.165, 1.54) is 32.9 Å². The maximum absolute atomic E-state index is 10.4. The topological polar surface area (TPSA) is 25.2 Å². The monoisotopic (exact) mass is 377 g/mol. The standard InChI is InChI=1S/C27H23NO/c1-18-16-21(17-19(2)27(18)29)26(20-10-4-3-5-11-20)28-24-14-8-6-12-22(24)23-13-7-9-15-25(23)28/h3-17,26,29H,1-2H3. The molecule has 0 spiro atoms. The van der Waals surface area contributed by atoms with Crippen LogP contribution in [0.2, 0.25) is 0 Å². The van der Waals surface area contributed by atoms with Gasteiger partial charge < -0.3 is 9.67 Å². The van der Waals surface area contributed by atoms with Crippen LogP contribution in [0.5, 0.6) is 5.75 Å². The van der Waals surface area contributed by atoms with E-state index in [2.05, 4.69) is 95.6 Å². The van der Waals surface area contributed by atoms with Crippen LogP contribution in [0.1, 0.15) is 28.3 Å². The van der Waals surface area contributed by atoms with Gasteiger partial charge in [0.25, 0.3) is 0 Å². The summed E-state index contributed by atoms with van der Waals surface area (Å²) in [6, 6.07) is 32.1. The molecule has 0 aliphatic carbocycles. The van der Waals surface area contributed by atoms with Gasteiger partial charge in [0, 0.05) is 21.8 Å². The Balaban J connectivity index is 1.90. The van der Waals surface area contributed by atoms with E-state index < -0.39 is 0 Å². The molecule has 5 rings (SSSR count). The minimum absolute atomic E-state index is 0.0130. The van der Waals surface area contributed by atoms with Gasteiger partial charge in [-0.2, -0.15) is 0 Å². The van der Waals surface area contributed by atoms with E-state index >= 15 is 0 Å². The summed E-state index contributed by atoms with van der Waals surface area (Å²) in [5.74, 6) is 0.378. The van der Waals surface area contributed by atoms with Crippen molar-refractivity contribution in [2.24, 2.45) is 0 Å². The number of rotatable bonds is 3. The number of phenols is 1. The van der Waals surface area contributed by atoms with Crippen LogP contribution in [0.15, 0.2) is 91.0 Å². The molecule has 1 atom stereocenters. The Bertz CT molecular complexity index is 1250. The maximum atomic E-state index is 10.4. The maximum Gasteiger partial charge on any atom is 0.121 e. The Morgan fingerprint density at radius 1 is 0.621 bits per heavy atom. The first-order valence-electron chi connectivity index (χ1n) is 9.98.